The first-order chi connectivity index (χ1) is 14.7. The lowest BCUT2D eigenvalue weighted by Gasteiger charge is -2.17. The number of rotatable bonds is 8. The molecule has 152 valence electrons. The quantitative estimate of drug-likeness (QED) is 0.379. The van der Waals surface area contributed by atoms with Crippen LogP contribution in [-0.4, -0.2) is 33.2 Å². The first-order valence-electron chi connectivity index (χ1n) is 10.1. The van der Waals surface area contributed by atoms with Crippen LogP contribution in [0.5, 0.6) is 0 Å². The van der Waals surface area contributed by atoms with Gasteiger partial charge in [-0.05, 0) is 29.7 Å². The Balaban J connectivity index is 1.46. The fourth-order valence-corrected chi connectivity index (χ4v) is 4.43. The number of benzene rings is 3. The summed E-state index contributed by atoms with van der Waals surface area (Å²) in [6, 6.07) is 28.7. The van der Waals surface area contributed by atoms with Crippen LogP contribution < -0.4 is 0 Å². The molecule has 0 unspecified atom stereocenters. The topological polar surface area (TPSA) is 38.1 Å². The van der Waals surface area contributed by atoms with Gasteiger partial charge in [-0.2, -0.15) is 0 Å². The summed E-state index contributed by atoms with van der Waals surface area (Å²) in [5, 5.41) is 0.897. The van der Waals surface area contributed by atoms with E-state index < -0.39 is 0 Å². The Labute approximate surface area is 181 Å². The Morgan fingerprint density at radius 1 is 0.900 bits per heavy atom. The average molecular weight is 416 g/mol. The summed E-state index contributed by atoms with van der Waals surface area (Å²) in [7, 11) is 1.86. The van der Waals surface area contributed by atoms with E-state index in [1.165, 1.54) is 17.3 Å². The number of carbonyl (C=O) groups excluding carboxylic acids is 1. The van der Waals surface area contributed by atoms with Crippen molar-refractivity contribution < 1.29 is 4.79 Å². The molecule has 0 spiro atoms. The van der Waals surface area contributed by atoms with E-state index in [0.29, 0.717) is 12.3 Å². The SMILES string of the molecule is CN(Cc1ccccc1)C(=O)CSc1nc2ccccc2n1CCc1ccccc1. The molecule has 0 saturated carbocycles. The zero-order chi connectivity index (χ0) is 20.8. The molecule has 0 aliphatic rings. The van der Waals surface area contributed by atoms with Gasteiger partial charge in [0.2, 0.25) is 5.91 Å². The third-order valence-corrected chi connectivity index (χ3v) is 6.06. The average Bonchev–Trinajstić information content (AvgIpc) is 3.15. The summed E-state index contributed by atoms with van der Waals surface area (Å²) >= 11 is 1.52. The van der Waals surface area contributed by atoms with Gasteiger partial charge in [0.05, 0.1) is 16.8 Å². The number of imidazole rings is 1. The van der Waals surface area contributed by atoms with Crippen molar-refractivity contribution in [2.75, 3.05) is 12.8 Å². The van der Waals surface area contributed by atoms with Gasteiger partial charge in [0.1, 0.15) is 0 Å². The lowest BCUT2D eigenvalue weighted by Crippen LogP contribution is -2.27. The van der Waals surface area contributed by atoms with E-state index in [1.54, 1.807) is 4.90 Å². The van der Waals surface area contributed by atoms with Gasteiger partial charge in [0.25, 0.3) is 0 Å². The molecule has 5 heteroatoms. The third kappa shape index (κ3) is 4.92. The Morgan fingerprint density at radius 3 is 2.27 bits per heavy atom. The number of amides is 1. The van der Waals surface area contributed by atoms with E-state index in [-0.39, 0.29) is 5.91 Å². The summed E-state index contributed by atoms with van der Waals surface area (Å²) in [5.41, 5.74) is 4.51. The van der Waals surface area contributed by atoms with Gasteiger partial charge in [-0.15, -0.1) is 0 Å². The fourth-order valence-electron chi connectivity index (χ4n) is 3.45. The van der Waals surface area contributed by atoms with Crippen LogP contribution in [0.15, 0.2) is 90.1 Å². The first-order valence-corrected chi connectivity index (χ1v) is 11.1. The van der Waals surface area contributed by atoms with Gasteiger partial charge in [0, 0.05) is 20.1 Å². The highest BCUT2D eigenvalue weighted by Crippen LogP contribution is 2.25. The standard InChI is InChI=1S/C25H25N3OS/c1-27(18-21-12-6-3-7-13-21)24(29)19-30-25-26-22-14-8-9-15-23(22)28(25)17-16-20-10-4-2-5-11-20/h2-15H,16-19H2,1H3. The lowest BCUT2D eigenvalue weighted by atomic mass is 10.1. The van der Waals surface area contributed by atoms with Gasteiger partial charge in [-0.3, -0.25) is 4.79 Å². The van der Waals surface area contributed by atoms with Crippen molar-refractivity contribution in [3.8, 4) is 0 Å². The second-order valence-electron chi connectivity index (χ2n) is 7.29. The van der Waals surface area contributed by atoms with Gasteiger partial charge >= 0.3 is 0 Å². The summed E-state index contributed by atoms with van der Waals surface area (Å²) in [6.45, 7) is 1.45. The van der Waals surface area contributed by atoms with E-state index in [1.807, 2.05) is 61.6 Å². The van der Waals surface area contributed by atoms with Gasteiger partial charge < -0.3 is 9.47 Å². The van der Waals surface area contributed by atoms with Crippen molar-refractivity contribution >= 4 is 28.7 Å². The van der Waals surface area contributed by atoms with Crippen LogP contribution in [0.3, 0.4) is 0 Å². The van der Waals surface area contributed by atoms with Crippen molar-refractivity contribution in [1.82, 2.24) is 14.5 Å². The van der Waals surface area contributed by atoms with Crippen LogP contribution >= 0.6 is 11.8 Å². The normalized spacial score (nSPS) is 11.0. The molecule has 0 aliphatic heterocycles. The Bertz CT molecular complexity index is 1110. The highest BCUT2D eigenvalue weighted by molar-refractivity contribution is 7.99. The number of para-hydroxylation sites is 2. The van der Waals surface area contributed by atoms with Crippen LogP contribution in [0.4, 0.5) is 0 Å². The molecule has 0 radical (unpaired) electrons. The van der Waals surface area contributed by atoms with Crippen molar-refractivity contribution in [2.45, 2.75) is 24.7 Å². The maximum Gasteiger partial charge on any atom is 0.233 e. The van der Waals surface area contributed by atoms with E-state index in [2.05, 4.69) is 34.9 Å². The largest absolute Gasteiger partial charge is 0.341 e. The number of fused-ring (bicyclic) bond motifs is 1. The highest BCUT2D eigenvalue weighted by atomic mass is 32.2. The molecule has 30 heavy (non-hydrogen) atoms. The molecular weight excluding hydrogens is 390 g/mol. The van der Waals surface area contributed by atoms with Crippen molar-refractivity contribution in [3.63, 3.8) is 0 Å². The number of hydrogen-bond acceptors (Lipinski definition) is 3. The molecule has 4 aromatic rings. The van der Waals surface area contributed by atoms with Crippen LogP contribution in [0.2, 0.25) is 0 Å². The maximum absolute atomic E-state index is 12.7. The summed E-state index contributed by atoms with van der Waals surface area (Å²) in [4.78, 5) is 19.3. The van der Waals surface area contributed by atoms with Crippen LogP contribution in [0.1, 0.15) is 11.1 Å². The van der Waals surface area contributed by atoms with E-state index in [9.17, 15) is 4.79 Å². The molecule has 4 nitrogen and oxygen atoms in total. The minimum absolute atomic E-state index is 0.102. The van der Waals surface area contributed by atoms with Crippen molar-refractivity contribution in [2.24, 2.45) is 0 Å². The second-order valence-corrected chi connectivity index (χ2v) is 8.24. The van der Waals surface area contributed by atoms with Gasteiger partial charge in [0.15, 0.2) is 5.16 Å². The Hall–Kier alpha value is -3.05. The molecule has 0 saturated heterocycles. The van der Waals surface area contributed by atoms with E-state index in [0.717, 1.165) is 34.7 Å². The summed E-state index contributed by atoms with van der Waals surface area (Å²) in [5.74, 6) is 0.475. The third-order valence-electron chi connectivity index (χ3n) is 5.10. The molecule has 0 aliphatic carbocycles. The zero-order valence-electron chi connectivity index (χ0n) is 17.1. The van der Waals surface area contributed by atoms with Gasteiger partial charge in [-0.25, -0.2) is 4.98 Å². The number of hydrogen-bond donors (Lipinski definition) is 0. The summed E-state index contributed by atoms with van der Waals surface area (Å²) in [6.07, 6.45) is 0.927. The molecule has 3 aromatic carbocycles. The predicted molar refractivity (Wildman–Crippen MR) is 124 cm³/mol. The molecule has 4 rings (SSSR count). The van der Waals surface area contributed by atoms with Crippen LogP contribution in [0.25, 0.3) is 11.0 Å². The van der Waals surface area contributed by atoms with E-state index in [4.69, 9.17) is 4.98 Å². The predicted octanol–water partition coefficient (Wildman–Crippen LogP) is 5.03. The lowest BCUT2D eigenvalue weighted by molar-refractivity contribution is -0.127. The molecule has 1 heterocycles. The second kappa shape index (κ2) is 9.63. The fraction of sp³-hybridized carbons (Fsp3) is 0.200. The number of aryl methyl sites for hydroxylation is 2. The Morgan fingerprint density at radius 2 is 1.53 bits per heavy atom. The number of nitrogens with zero attached hydrogens (tertiary/aromatic N) is 3. The number of carbonyl (C=O) groups is 1. The molecule has 1 aromatic heterocycles. The van der Waals surface area contributed by atoms with Gasteiger partial charge in [-0.1, -0.05) is 84.6 Å². The maximum atomic E-state index is 12.7. The zero-order valence-corrected chi connectivity index (χ0v) is 17.9. The first kappa shape index (κ1) is 20.2. The molecule has 0 fully saturated rings. The van der Waals surface area contributed by atoms with E-state index >= 15 is 0 Å². The molecular formula is C25H25N3OS. The highest BCUT2D eigenvalue weighted by Gasteiger charge is 2.15. The minimum atomic E-state index is 0.102. The molecule has 0 bridgehead atoms. The van der Waals surface area contributed by atoms with Crippen molar-refractivity contribution in [1.29, 1.82) is 0 Å². The summed E-state index contributed by atoms with van der Waals surface area (Å²) < 4.78 is 2.23. The molecule has 0 atom stereocenters. The smallest absolute Gasteiger partial charge is 0.233 e. The minimum Gasteiger partial charge on any atom is -0.341 e. The number of aromatic nitrogens is 2. The van der Waals surface area contributed by atoms with Crippen molar-refractivity contribution in [3.05, 3.63) is 96.1 Å². The Kier molecular flexibility index (Phi) is 6.50. The monoisotopic (exact) mass is 415 g/mol. The van der Waals surface area contributed by atoms with Crippen LogP contribution in [0, 0.1) is 0 Å². The molecule has 0 N–H and O–H groups in total. The molecule has 1 amide bonds. The number of thioether (sulfide) groups is 1. The van der Waals surface area contributed by atoms with Crippen LogP contribution in [-0.2, 0) is 24.3 Å².